The van der Waals surface area contributed by atoms with Crippen molar-refractivity contribution in [3.63, 3.8) is 0 Å². The average molecular weight is 370 g/mol. The summed E-state index contributed by atoms with van der Waals surface area (Å²) in [6.45, 7) is 4.71. The van der Waals surface area contributed by atoms with Crippen molar-refractivity contribution >= 4 is 37.3 Å². The first-order valence-corrected chi connectivity index (χ1v) is 9.11. The van der Waals surface area contributed by atoms with Gasteiger partial charge in [-0.15, -0.1) is 11.3 Å². The van der Waals surface area contributed by atoms with Gasteiger partial charge in [-0.2, -0.15) is 0 Å². The van der Waals surface area contributed by atoms with Crippen LogP contribution >= 0.6 is 27.3 Å². The van der Waals surface area contributed by atoms with Crippen LogP contribution in [0.25, 0.3) is 0 Å². The van der Waals surface area contributed by atoms with E-state index in [-0.39, 0.29) is 0 Å². The topological polar surface area (TPSA) is 61.4 Å². The molecule has 0 saturated heterocycles. The van der Waals surface area contributed by atoms with Crippen molar-refractivity contribution in [1.29, 1.82) is 0 Å². The maximum Gasteiger partial charge on any atom is 0.242 e. The number of nitrogens with zero attached hydrogens (tertiary/aromatic N) is 1. The predicted octanol–water partition coefficient (Wildman–Crippen LogP) is 1.46. The van der Waals surface area contributed by atoms with Crippen molar-refractivity contribution in [1.82, 2.24) is 14.9 Å². The molecular formula is C11H20BrN3O2S2. The van der Waals surface area contributed by atoms with Gasteiger partial charge in [-0.05, 0) is 42.6 Å². The van der Waals surface area contributed by atoms with E-state index in [9.17, 15) is 8.42 Å². The highest BCUT2D eigenvalue weighted by Gasteiger charge is 2.20. The van der Waals surface area contributed by atoms with Crippen LogP contribution in [0.3, 0.4) is 0 Å². The third-order valence-electron chi connectivity index (χ3n) is 2.67. The molecule has 8 heteroatoms. The van der Waals surface area contributed by atoms with Crippen molar-refractivity contribution in [2.75, 3.05) is 33.7 Å². The fourth-order valence-corrected chi connectivity index (χ4v) is 5.16. The Balaban J connectivity index is 2.71. The summed E-state index contributed by atoms with van der Waals surface area (Å²) in [5.41, 5.74) is 0. The largest absolute Gasteiger partial charge is 0.315 e. The molecule has 1 heterocycles. The van der Waals surface area contributed by atoms with E-state index in [0.29, 0.717) is 28.3 Å². The molecule has 1 aromatic heterocycles. The molecule has 0 aliphatic carbocycles. The van der Waals surface area contributed by atoms with Crippen LogP contribution in [0.2, 0.25) is 0 Å². The first kappa shape index (κ1) is 17.1. The fourth-order valence-electron chi connectivity index (χ4n) is 1.45. The third-order valence-corrected chi connectivity index (χ3v) is 6.39. The number of nitrogens with one attached hydrogen (secondary N) is 2. The molecule has 0 unspecified atom stereocenters. The normalized spacial score (nSPS) is 12.3. The first-order valence-electron chi connectivity index (χ1n) is 6.01. The zero-order chi connectivity index (χ0) is 14.5. The van der Waals surface area contributed by atoms with Crippen molar-refractivity contribution in [3.8, 4) is 0 Å². The molecule has 1 rings (SSSR count). The van der Waals surface area contributed by atoms with Crippen LogP contribution in [0.15, 0.2) is 14.7 Å². The quantitative estimate of drug-likeness (QED) is 0.728. The Labute approximate surface area is 127 Å². The van der Waals surface area contributed by atoms with Crippen LogP contribution in [-0.4, -0.2) is 47.0 Å². The molecule has 0 spiro atoms. The molecule has 2 N–H and O–H groups in total. The zero-order valence-electron chi connectivity index (χ0n) is 11.4. The van der Waals surface area contributed by atoms with Crippen LogP contribution in [0.4, 0.5) is 0 Å². The molecule has 0 aliphatic heterocycles. The molecule has 0 fully saturated rings. The van der Waals surface area contributed by atoms with Gasteiger partial charge in [0.25, 0.3) is 0 Å². The van der Waals surface area contributed by atoms with Gasteiger partial charge in [0.1, 0.15) is 4.90 Å². The van der Waals surface area contributed by atoms with Gasteiger partial charge in [-0.3, -0.25) is 0 Å². The van der Waals surface area contributed by atoms with Gasteiger partial charge in [-0.25, -0.2) is 13.1 Å². The van der Waals surface area contributed by atoms with E-state index in [1.165, 1.54) is 11.3 Å². The summed E-state index contributed by atoms with van der Waals surface area (Å²) in [6, 6.07) is 1.71. The van der Waals surface area contributed by atoms with Crippen molar-refractivity contribution in [2.24, 2.45) is 0 Å². The highest BCUT2D eigenvalue weighted by Crippen LogP contribution is 2.31. The molecule has 0 atom stereocenters. The molecule has 0 amide bonds. The van der Waals surface area contributed by atoms with Crippen LogP contribution < -0.4 is 10.0 Å². The Morgan fingerprint density at radius 3 is 2.74 bits per heavy atom. The minimum atomic E-state index is -3.43. The second kappa shape index (κ2) is 7.70. The average Bonchev–Trinajstić information content (AvgIpc) is 2.71. The molecule has 0 bridgehead atoms. The van der Waals surface area contributed by atoms with Crippen molar-refractivity contribution in [3.05, 3.63) is 14.7 Å². The van der Waals surface area contributed by atoms with Crippen LogP contribution in [0.1, 0.15) is 11.8 Å². The molecule has 1 aromatic rings. The smallest absolute Gasteiger partial charge is 0.242 e. The summed E-state index contributed by atoms with van der Waals surface area (Å²) in [4.78, 5) is 3.36. The van der Waals surface area contributed by atoms with E-state index < -0.39 is 10.0 Å². The van der Waals surface area contributed by atoms with E-state index in [1.54, 1.807) is 6.07 Å². The third kappa shape index (κ3) is 5.13. The molecule has 110 valence electrons. The summed E-state index contributed by atoms with van der Waals surface area (Å²) < 4.78 is 27.6. The lowest BCUT2D eigenvalue weighted by Gasteiger charge is -2.13. The predicted molar refractivity (Wildman–Crippen MR) is 83.1 cm³/mol. The number of thiophene rings is 1. The number of hydrogen-bond donors (Lipinski definition) is 2. The molecule has 0 saturated carbocycles. The fraction of sp³-hybridized carbons (Fsp3) is 0.636. The van der Waals surface area contributed by atoms with Gasteiger partial charge >= 0.3 is 0 Å². The lowest BCUT2D eigenvalue weighted by atomic mass is 10.5. The highest BCUT2D eigenvalue weighted by molar-refractivity contribution is 9.11. The van der Waals surface area contributed by atoms with Gasteiger partial charge in [0, 0.05) is 24.5 Å². The summed E-state index contributed by atoms with van der Waals surface area (Å²) in [5.74, 6) is 0. The molecule has 0 aliphatic rings. The maximum absolute atomic E-state index is 12.2. The van der Waals surface area contributed by atoms with Gasteiger partial charge in [0.05, 0.1) is 3.79 Å². The summed E-state index contributed by atoms with van der Waals surface area (Å²) in [7, 11) is 0.359. The van der Waals surface area contributed by atoms with Gasteiger partial charge < -0.3 is 10.2 Å². The second-order valence-corrected chi connectivity index (χ2v) is 8.36. The van der Waals surface area contributed by atoms with E-state index in [0.717, 1.165) is 11.4 Å². The van der Waals surface area contributed by atoms with Gasteiger partial charge in [-0.1, -0.05) is 6.92 Å². The number of sulfonamides is 1. The van der Waals surface area contributed by atoms with Crippen LogP contribution in [-0.2, 0) is 16.6 Å². The maximum atomic E-state index is 12.2. The van der Waals surface area contributed by atoms with E-state index in [1.807, 2.05) is 21.0 Å². The first-order chi connectivity index (χ1) is 8.90. The molecule has 0 aromatic carbocycles. The zero-order valence-corrected chi connectivity index (χ0v) is 14.6. The van der Waals surface area contributed by atoms with E-state index >= 15 is 0 Å². The Morgan fingerprint density at radius 2 is 2.16 bits per heavy atom. The Hall–Kier alpha value is 0.01000. The van der Waals surface area contributed by atoms with Crippen LogP contribution in [0, 0.1) is 0 Å². The molecular weight excluding hydrogens is 350 g/mol. The van der Waals surface area contributed by atoms with Gasteiger partial charge in [0.15, 0.2) is 0 Å². The summed E-state index contributed by atoms with van der Waals surface area (Å²) >= 11 is 4.75. The SMILES string of the molecule is CCN(C)CCNS(=O)(=O)c1cc(CNC)sc1Br. The van der Waals surface area contributed by atoms with Crippen molar-refractivity contribution < 1.29 is 8.42 Å². The number of rotatable bonds is 8. The van der Waals surface area contributed by atoms with Crippen LogP contribution in [0.5, 0.6) is 0 Å². The number of likely N-dealkylation sites (N-methyl/N-ethyl adjacent to an activating group) is 1. The highest BCUT2D eigenvalue weighted by atomic mass is 79.9. The lowest BCUT2D eigenvalue weighted by molar-refractivity contribution is 0.358. The lowest BCUT2D eigenvalue weighted by Crippen LogP contribution is -2.32. The van der Waals surface area contributed by atoms with E-state index in [2.05, 4.69) is 30.9 Å². The molecule has 19 heavy (non-hydrogen) atoms. The number of hydrogen-bond acceptors (Lipinski definition) is 5. The second-order valence-electron chi connectivity index (χ2n) is 4.17. The standard InChI is InChI=1S/C11H20BrN3O2S2/c1-4-15(3)6-5-14-19(16,17)10-7-9(8-13-2)18-11(10)12/h7,13-14H,4-6,8H2,1-3H3. The number of halogens is 1. The summed E-state index contributed by atoms with van der Waals surface area (Å²) in [6.07, 6.45) is 0. The molecule has 5 nitrogen and oxygen atoms in total. The Kier molecular flexibility index (Phi) is 6.92. The minimum Gasteiger partial charge on any atom is -0.315 e. The Morgan fingerprint density at radius 1 is 1.47 bits per heavy atom. The monoisotopic (exact) mass is 369 g/mol. The van der Waals surface area contributed by atoms with Crippen molar-refractivity contribution in [2.45, 2.75) is 18.4 Å². The van der Waals surface area contributed by atoms with E-state index in [4.69, 9.17) is 0 Å². The van der Waals surface area contributed by atoms with Gasteiger partial charge in [0.2, 0.25) is 10.0 Å². The molecule has 0 radical (unpaired) electrons. The summed E-state index contributed by atoms with van der Waals surface area (Å²) in [5, 5.41) is 3.01. The minimum absolute atomic E-state index is 0.321. The Bertz CT molecular complexity index is 502.